The van der Waals surface area contributed by atoms with Gasteiger partial charge in [0.2, 0.25) is 0 Å². The number of carboxylic acids is 1. The van der Waals surface area contributed by atoms with Gasteiger partial charge in [-0.25, -0.2) is 14.0 Å². The molecular formula is C27H23FN2O5. The summed E-state index contributed by atoms with van der Waals surface area (Å²) >= 11 is 0. The maximum atomic E-state index is 14.6. The lowest BCUT2D eigenvalue weighted by atomic mass is 9.76. The normalized spacial score (nSPS) is 15.3. The van der Waals surface area contributed by atoms with E-state index in [4.69, 9.17) is 4.74 Å². The van der Waals surface area contributed by atoms with Gasteiger partial charge in [0, 0.05) is 11.5 Å². The van der Waals surface area contributed by atoms with Gasteiger partial charge in [-0.1, -0.05) is 48.5 Å². The van der Waals surface area contributed by atoms with Gasteiger partial charge in [0.25, 0.3) is 5.91 Å². The zero-order chi connectivity index (χ0) is 24.6. The standard InChI is InChI=1S/C27H23FN2O5/c28-22-14-16(24(31)30-27(25(32)33)12-5-13-27)10-11-23(22)29-26(34)35-15-21-19-8-3-1-6-17(19)18-7-2-4-9-20(18)21/h1-4,6-11,14,21H,5,12-13,15H2,(H,29,34)(H,30,31)(H,32,33). The highest BCUT2D eigenvalue weighted by atomic mass is 19.1. The molecule has 0 bridgehead atoms. The molecule has 0 unspecified atom stereocenters. The molecule has 0 atom stereocenters. The van der Waals surface area contributed by atoms with Gasteiger partial charge in [-0.2, -0.15) is 0 Å². The molecule has 0 radical (unpaired) electrons. The smallest absolute Gasteiger partial charge is 0.411 e. The van der Waals surface area contributed by atoms with E-state index in [2.05, 4.69) is 10.6 Å². The Kier molecular flexibility index (Phi) is 5.72. The molecule has 5 rings (SSSR count). The Morgan fingerprint density at radius 1 is 0.971 bits per heavy atom. The third-order valence-corrected chi connectivity index (χ3v) is 6.78. The van der Waals surface area contributed by atoms with Crippen molar-refractivity contribution in [1.29, 1.82) is 0 Å². The lowest BCUT2D eigenvalue weighted by Gasteiger charge is -2.38. The molecule has 1 fully saturated rings. The first-order valence-electron chi connectivity index (χ1n) is 11.4. The van der Waals surface area contributed by atoms with Crippen LogP contribution in [0.1, 0.15) is 46.7 Å². The second kappa shape index (κ2) is 8.87. The molecule has 0 aromatic heterocycles. The summed E-state index contributed by atoms with van der Waals surface area (Å²) in [6.45, 7) is 0.0826. The molecule has 2 aliphatic carbocycles. The molecule has 1 saturated carbocycles. The van der Waals surface area contributed by atoms with Gasteiger partial charge in [0.05, 0.1) is 5.69 Å². The predicted octanol–water partition coefficient (Wildman–Crippen LogP) is 4.92. The lowest BCUT2D eigenvalue weighted by Crippen LogP contribution is -2.59. The number of nitrogens with one attached hydrogen (secondary N) is 2. The maximum absolute atomic E-state index is 14.6. The second-order valence-electron chi connectivity index (χ2n) is 8.84. The van der Waals surface area contributed by atoms with E-state index < -0.39 is 29.3 Å². The highest BCUT2D eigenvalue weighted by molar-refractivity contribution is 5.98. The maximum Gasteiger partial charge on any atom is 0.411 e. The molecule has 0 heterocycles. The van der Waals surface area contributed by atoms with Crippen LogP contribution < -0.4 is 10.6 Å². The highest BCUT2D eigenvalue weighted by Gasteiger charge is 2.45. The molecule has 178 valence electrons. The number of carboxylic acid groups (broad SMARTS) is 1. The van der Waals surface area contributed by atoms with Crippen LogP contribution in [0.15, 0.2) is 66.7 Å². The molecule has 3 N–H and O–H groups in total. The van der Waals surface area contributed by atoms with E-state index in [9.17, 15) is 23.9 Å². The number of hydrogen-bond acceptors (Lipinski definition) is 4. The number of benzene rings is 3. The van der Waals surface area contributed by atoms with Gasteiger partial charge in [-0.05, 0) is 59.7 Å². The Bertz CT molecular complexity index is 1290. The van der Waals surface area contributed by atoms with Crippen molar-refractivity contribution in [2.45, 2.75) is 30.7 Å². The zero-order valence-corrected chi connectivity index (χ0v) is 18.7. The molecule has 3 aromatic rings. The summed E-state index contributed by atoms with van der Waals surface area (Å²) in [5.41, 5.74) is 2.85. The fraction of sp³-hybridized carbons (Fsp3) is 0.222. The summed E-state index contributed by atoms with van der Waals surface area (Å²) in [7, 11) is 0. The lowest BCUT2D eigenvalue weighted by molar-refractivity contribution is -0.148. The molecule has 8 heteroatoms. The summed E-state index contributed by atoms with van der Waals surface area (Å²) in [4.78, 5) is 36.3. The number of amides is 2. The zero-order valence-electron chi connectivity index (χ0n) is 18.7. The first kappa shape index (κ1) is 22.6. The van der Waals surface area contributed by atoms with Crippen LogP contribution in [-0.2, 0) is 9.53 Å². The van der Waals surface area contributed by atoms with Crippen molar-refractivity contribution >= 4 is 23.7 Å². The molecule has 3 aromatic carbocycles. The Morgan fingerprint density at radius 3 is 2.14 bits per heavy atom. The molecule has 0 saturated heterocycles. The fourth-order valence-corrected chi connectivity index (χ4v) is 4.71. The number of hydrogen-bond donors (Lipinski definition) is 3. The van der Waals surface area contributed by atoms with E-state index in [0.717, 1.165) is 28.3 Å². The van der Waals surface area contributed by atoms with E-state index in [0.29, 0.717) is 19.3 Å². The average Bonchev–Trinajstić information content (AvgIpc) is 3.14. The van der Waals surface area contributed by atoms with Crippen LogP contribution >= 0.6 is 0 Å². The second-order valence-corrected chi connectivity index (χ2v) is 8.84. The van der Waals surface area contributed by atoms with Gasteiger partial charge in [-0.15, -0.1) is 0 Å². The third-order valence-electron chi connectivity index (χ3n) is 6.78. The summed E-state index contributed by atoms with van der Waals surface area (Å²) in [5, 5.41) is 14.2. The fourth-order valence-electron chi connectivity index (χ4n) is 4.71. The first-order chi connectivity index (χ1) is 16.9. The molecule has 0 aliphatic heterocycles. The van der Waals surface area contributed by atoms with Crippen LogP contribution in [0.5, 0.6) is 0 Å². The topological polar surface area (TPSA) is 105 Å². The van der Waals surface area contributed by atoms with Crippen molar-refractivity contribution in [1.82, 2.24) is 5.32 Å². The largest absolute Gasteiger partial charge is 0.480 e. The first-order valence-corrected chi connectivity index (χ1v) is 11.4. The molecule has 35 heavy (non-hydrogen) atoms. The van der Waals surface area contributed by atoms with Crippen molar-refractivity contribution in [3.05, 3.63) is 89.2 Å². The van der Waals surface area contributed by atoms with E-state index >= 15 is 0 Å². The van der Waals surface area contributed by atoms with Crippen LogP contribution in [0.4, 0.5) is 14.9 Å². The number of rotatable bonds is 6. The minimum Gasteiger partial charge on any atom is -0.480 e. The number of anilines is 1. The van der Waals surface area contributed by atoms with E-state index in [1.807, 2.05) is 48.5 Å². The SMILES string of the molecule is O=C(Nc1ccc(C(=O)NC2(C(=O)O)CCC2)cc1F)OCC1c2ccccc2-c2ccccc21. The van der Waals surface area contributed by atoms with Crippen LogP contribution in [0.25, 0.3) is 11.1 Å². The van der Waals surface area contributed by atoms with Gasteiger partial charge < -0.3 is 15.2 Å². The molecule has 0 spiro atoms. The minimum atomic E-state index is -1.30. The molecule has 7 nitrogen and oxygen atoms in total. The predicted molar refractivity (Wildman–Crippen MR) is 127 cm³/mol. The van der Waals surface area contributed by atoms with Crippen molar-refractivity contribution < 1.29 is 28.6 Å². The quantitative estimate of drug-likeness (QED) is 0.470. The van der Waals surface area contributed by atoms with Crippen LogP contribution in [0, 0.1) is 5.82 Å². The van der Waals surface area contributed by atoms with E-state index in [1.54, 1.807) is 0 Å². The number of fused-ring (bicyclic) bond motifs is 3. The molecule has 2 aliphatic rings. The van der Waals surface area contributed by atoms with Crippen LogP contribution in [0.2, 0.25) is 0 Å². The Labute approximate surface area is 200 Å². The summed E-state index contributed by atoms with van der Waals surface area (Å²) in [6, 6.07) is 19.4. The van der Waals surface area contributed by atoms with Gasteiger partial charge in [-0.3, -0.25) is 10.1 Å². The van der Waals surface area contributed by atoms with Crippen LogP contribution in [-0.4, -0.2) is 35.2 Å². The average molecular weight is 474 g/mol. The number of aliphatic carboxylic acids is 1. The number of ether oxygens (including phenoxy) is 1. The summed E-state index contributed by atoms with van der Waals surface area (Å²) < 4.78 is 20.1. The summed E-state index contributed by atoms with van der Waals surface area (Å²) in [5.74, 6) is -2.74. The van der Waals surface area contributed by atoms with Crippen molar-refractivity contribution in [2.24, 2.45) is 0 Å². The van der Waals surface area contributed by atoms with Gasteiger partial charge in [0.15, 0.2) is 0 Å². The number of halogens is 1. The highest BCUT2D eigenvalue weighted by Crippen LogP contribution is 2.44. The summed E-state index contributed by atoms with van der Waals surface area (Å²) in [6.07, 6.45) is 0.544. The minimum absolute atomic E-state index is 0.0342. The Balaban J connectivity index is 1.23. The Morgan fingerprint density at radius 2 is 1.60 bits per heavy atom. The molecule has 2 amide bonds. The molecular weight excluding hydrogens is 451 g/mol. The van der Waals surface area contributed by atoms with Gasteiger partial charge >= 0.3 is 12.1 Å². The monoisotopic (exact) mass is 474 g/mol. The number of carbonyl (C=O) groups is 3. The van der Waals surface area contributed by atoms with E-state index in [1.165, 1.54) is 12.1 Å². The van der Waals surface area contributed by atoms with Crippen molar-refractivity contribution in [3.8, 4) is 11.1 Å². The van der Waals surface area contributed by atoms with Gasteiger partial charge in [0.1, 0.15) is 18.0 Å². The van der Waals surface area contributed by atoms with E-state index in [-0.39, 0.29) is 23.8 Å². The third kappa shape index (κ3) is 4.12. The Hall–Kier alpha value is -4.20. The van der Waals surface area contributed by atoms with Crippen LogP contribution in [0.3, 0.4) is 0 Å². The number of carbonyl (C=O) groups excluding carboxylic acids is 2. The van der Waals surface area contributed by atoms with Crippen molar-refractivity contribution in [3.63, 3.8) is 0 Å². The van der Waals surface area contributed by atoms with Crippen molar-refractivity contribution in [2.75, 3.05) is 11.9 Å².